The largest absolute Gasteiger partial charge is 0.348 e. The Kier molecular flexibility index (Phi) is 5.82. The fraction of sp³-hybridized carbons (Fsp3) is 0.500. The molecule has 18 heavy (non-hydrogen) atoms. The van der Waals surface area contributed by atoms with Crippen molar-refractivity contribution in [1.82, 2.24) is 5.32 Å². The number of benzene rings is 1. The number of nitrogens with one attached hydrogen (secondary N) is 1. The molecule has 1 amide bonds. The van der Waals surface area contributed by atoms with Gasteiger partial charge in [0, 0.05) is 4.47 Å². The van der Waals surface area contributed by atoms with Crippen LogP contribution in [0.4, 0.5) is 0 Å². The average Bonchev–Trinajstić information content (AvgIpc) is 2.37. The van der Waals surface area contributed by atoms with E-state index in [1.54, 1.807) is 0 Å². The van der Waals surface area contributed by atoms with Gasteiger partial charge in [-0.25, -0.2) is 0 Å². The molecule has 0 spiro atoms. The average molecular weight is 313 g/mol. The summed E-state index contributed by atoms with van der Waals surface area (Å²) in [5.74, 6) is 0.101. The Labute approximate surface area is 117 Å². The lowest BCUT2D eigenvalue weighted by Crippen LogP contribution is -2.45. The lowest BCUT2D eigenvalue weighted by Gasteiger charge is -2.22. The first-order valence-electron chi connectivity index (χ1n) is 6.27. The molecule has 4 heteroatoms. The fourth-order valence-electron chi connectivity index (χ4n) is 1.73. The Morgan fingerprint density at radius 1 is 1.39 bits per heavy atom. The summed E-state index contributed by atoms with van der Waals surface area (Å²) in [5.41, 5.74) is 6.97. The van der Waals surface area contributed by atoms with Gasteiger partial charge in [-0.2, -0.15) is 0 Å². The number of hydrogen-bond acceptors (Lipinski definition) is 2. The summed E-state index contributed by atoms with van der Waals surface area (Å²) in [6.45, 7) is 5.99. The molecule has 0 saturated carbocycles. The first kappa shape index (κ1) is 15.2. The molecule has 0 fully saturated rings. The van der Waals surface area contributed by atoms with Gasteiger partial charge in [-0.05, 0) is 24.5 Å². The van der Waals surface area contributed by atoms with Crippen LogP contribution >= 0.6 is 15.9 Å². The van der Waals surface area contributed by atoms with Crippen molar-refractivity contribution in [2.24, 2.45) is 11.7 Å². The van der Waals surface area contributed by atoms with Gasteiger partial charge in [0.1, 0.15) is 0 Å². The molecule has 0 bridgehead atoms. The maximum Gasteiger partial charge on any atom is 0.237 e. The first-order valence-corrected chi connectivity index (χ1v) is 7.07. The number of amides is 1. The van der Waals surface area contributed by atoms with E-state index in [4.69, 9.17) is 5.73 Å². The predicted molar refractivity (Wildman–Crippen MR) is 78.1 cm³/mol. The molecule has 1 rings (SSSR count). The zero-order valence-corrected chi connectivity index (χ0v) is 12.7. The molecule has 0 saturated heterocycles. The molecule has 3 nitrogen and oxygen atoms in total. The SMILES string of the molecule is CCC(C)[C@H](N)C(=O)NC(C)c1ccccc1Br. The van der Waals surface area contributed by atoms with Crippen molar-refractivity contribution < 1.29 is 4.79 Å². The van der Waals surface area contributed by atoms with Gasteiger partial charge in [0.25, 0.3) is 0 Å². The third-order valence-corrected chi connectivity index (χ3v) is 4.01. The van der Waals surface area contributed by atoms with Crippen LogP contribution in [0.3, 0.4) is 0 Å². The molecule has 100 valence electrons. The third-order valence-electron chi connectivity index (χ3n) is 3.29. The molecule has 0 aliphatic rings. The molecule has 0 aliphatic carbocycles. The smallest absolute Gasteiger partial charge is 0.237 e. The zero-order valence-electron chi connectivity index (χ0n) is 11.1. The van der Waals surface area contributed by atoms with Crippen LogP contribution in [0.15, 0.2) is 28.7 Å². The van der Waals surface area contributed by atoms with Crippen molar-refractivity contribution in [3.63, 3.8) is 0 Å². The van der Waals surface area contributed by atoms with Crippen LogP contribution in [0.2, 0.25) is 0 Å². The van der Waals surface area contributed by atoms with Crippen LogP contribution in [0.1, 0.15) is 38.8 Å². The Bertz CT molecular complexity index is 409. The van der Waals surface area contributed by atoms with Gasteiger partial charge in [0.15, 0.2) is 0 Å². The Morgan fingerprint density at radius 3 is 2.56 bits per heavy atom. The normalized spacial score (nSPS) is 15.8. The lowest BCUT2D eigenvalue weighted by atomic mass is 9.98. The third kappa shape index (κ3) is 3.82. The maximum atomic E-state index is 12.0. The minimum absolute atomic E-state index is 0.0526. The van der Waals surface area contributed by atoms with Crippen LogP contribution in [-0.2, 0) is 4.79 Å². The summed E-state index contributed by atoms with van der Waals surface area (Å²) in [7, 11) is 0. The van der Waals surface area contributed by atoms with Crippen molar-refractivity contribution in [2.75, 3.05) is 0 Å². The minimum atomic E-state index is -0.445. The molecule has 0 aromatic heterocycles. The second-order valence-corrected chi connectivity index (χ2v) is 5.52. The van der Waals surface area contributed by atoms with E-state index < -0.39 is 6.04 Å². The highest BCUT2D eigenvalue weighted by atomic mass is 79.9. The maximum absolute atomic E-state index is 12.0. The van der Waals surface area contributed by atoms with Gasteiger partial charge < -0.3 is 11.1 Å². The number of nitrogens with two attached hydrogens (primary N) is 1. The molecular weight excluding hydrogens is 292 g/mol. The van der Waals surface area contributed by atoms with Gasteiger partial charge in [-0.1, -0.05) is 54.4 Å². The van der Waals surface area contributed by atoms with Gasteiger partial charge in [0.05, 0.1) is 12.1 Å². The number of carbonyl (C=O) groups excluding carboxylic acids is 1. The quantitative estimate of drug-likeness (QED) is 0.878. The summed E-state index contributed by atoms with van der Waals surface area (Å²) >= 11 is 3.48. The molecule has 0 aliphatic heterocycles. The standard InChI is InChI=1S/C14H21BrN2O/c1-4-9(2)13(16)14(18)17-10(3)11-7-5-6-8-12(11)15/h5-10,13H,4,16H2,1-3H3,(H,17,18)/t9?,10?,13-/m0/s1. The zero-order chi connectivity index (χ0) is 13.7. The Hall–Kier alpha value is -0.870. The van der Waals surface area contributed by atoms with E-state index in [-0.39, 0.29) is 17.9 Å². The van der Waals surface area contributed by atoms with E-state index in [1.807, 2.05) is 45.0 Å². The van der Waals surface area contributed by atoms with Crippen LogP contribution in [0.5, 0.6) is 0 Å². The molecule has 0 heterocycles. The molecule has 1 aromatic carbocycles. The van der Waals surface area contributed by atoms with E-state index >= 15 is 0 Å². The van der Waals surface area contributed by atoms with E-state index in [0.29, 0.717) is 0 Å². The molecule has 1 aromatic rings. The summed E-state index contributed by atoms with van der Waals surface area (Å²) in [4.78, 5) is 12.0. The molecular formula is C14H21BrN2O. The minimum Gasteiger partial charge on any atom is -0.348 e. The Morgan fingerprint density at radius 2 is 2.00 bits per heavy atom. The van der Waals surface area contributed by atoms with Crippen molar-refractivity contribution >= 4 is 21.8 Å². The van der Waals surface area contributed by atoms with Crippen LogP contribution in [0, 0.1) is 5.92 Å². The highest BCUT2D eigenvalue weighted by molar-refractivity contribution is 9.10. The topological polar surface area (TPSA) is 55.1 Å². The molecule has 2 unspecified atom stereocenters. The van der Waals surface area contributed by atoms with E-state index in [0.717, 1.165) is 16.5 Å². The van der Waals surface area contributed by atoms with Crippen molar-refractivity contribution in [1.29, 1.82) is 0 Å². The van der Waals surface area contributed by atoms with Crippen molar-refractivity contribution in [3.05, 3.63) is 34.3 Å². The van der Waals surface area contributed by atoms with E-state index in [9.17, 15) is 4.79 Å². The van der Waals surface area contributed by atoms with E-state index in [2.05, 4.69) is 21.2 Å². The van der Waals surface area contributed by atoms with Crippen LogP contribution in [-0.4, -0.2) is 11.9 Å². The molecule has 3 atom stereocenters. The lowest BCUT2D eigenvalue weighted by molar-refractivity contribution is -0.124. The van der Waals surface area contributed by atoms with Crippen LogP contribution in [0.25, 0.3) is 0 Å². The van der Waals surface area contributed by atoms with Gasteiger partial charge in [-0.3, -0.25) is 4.79 Å². The molecule has 0 radical (unpaired) electrons. The van der Waals surface area contributed by atoms with Crippen LogP contribution < -0.4 is 11.1 Å². The Balaban J connectivity index is 2.68. The van der Waals surface area contributed by atoms with Crippen molar-refractivity contribution in [2.45, 2.75) is 39.3 Å². The highest BCUT2D eigenvalue weighted by Crippen LogP contribution is 2.22. The number of hydrogen-bond donors (Lipinski definition) is 2. The monoisotopic (exact) mass is 312 g/mol. The first-order chi connectivity index (χ1) is 8.47. The second kappa shape index (κ2) is 6.90. The predicted octanol–water partition coefficient (Wildman–Crippen LogP) is 3.00. The van der Waals surface area contributed by atoms with Gasteiger partial charge in [-0.15, -0.1) is 0 Å². The van der Waals surface area contributed by atoms with Crippen molar-refractivity contribution in [3.8, 4) is 0 Å². The van der Waals surface area contributed by atoms with Gasteiger partial charge in [0.2, 0.25) is 5.91 Å². The highest BCUT2D eigenvalue weighted by Gasteiger charge is 2.21. The second-order valence-electron chi connectivity index (χ2n) is 4.66. The summed E-state index contributed by atoms with van der Waals surface area (Å²) in [6, 6.07) is 7.36. The number of rotatable bonds is 5. The molecule has 3 N–H and O–H groups in total. The number of carbonyl (C=O) groups is 1. The fourth-order valence-corrected chi connectivity index (χ4v) is 2.35. The van der Waals surface area contributed by atoms with E-state index in [1.165, 1.54) is 0 Å². The van der Waals surface area contributed by atoms with Gasteiger partial charge >= 0.3 is 0 Å². The summed E-state index contributed by atoms with van der Waals surface area (Å²) in [5, 5.41) is 2.96. The number of halogens is 1. The summed E-state index contributed by atoms with van der Waals surface area (Å²) in [6.07, 6.45) is 0.901. The summed E-state index contributed by atoms with van der Waals surface area (Å²) < 4.78 is 0.995.